The smallest absolute Gasteiger partial charge is 0.126 e. The van der Waals surface area contributed by atoms with Crippen LogP contribution in [0.25, 0.3) is 0 Å². The molecule has 0 radical (unpaired) electrons. The van der Waals surface area contributed by atoms with E-state index in [1.807, 2.05) is 19.1 Å². The van der Waals surface area contributed by atoms with Crippen LogP contribution in [-0.2, 0) is 0 Å². The van der Waals surface area contributed by atoms with E-state index in [0.717, 1.165) is 24.3 Å². The Morgan fingerprint density at radius 2 is 2.00 bits per heavy atom. The van der Waals surface area contributed by atoms with E-state index in [9.17, 15) is 4.39 Å². The van der Waals surface area contributed by atoms with Crippen LogP contribution in [0.5, 0.6) is 0 Å². The third-order valence-electron chi connectivity index (χ3n) is 3.70. The average Bonchev–Trinajstić information content (AvgIpc) is 2.38. The first-order chi connectivity index (χ1) is 9.72. The number of aryl methyl sites for hydroxylation is 1. The molecule has 0 saturated heterocycles. The van der Waals surface area contributed by atoms with Crippen molar-refractivity contribution in [3.8, 4) is 0 Å². The van der Waals surface area contributed by atoms with Crippen molar-refractivity contribution in [3.05, 3.63) is 41.7 Å². The first-order valence-corrected chi connectivity index (χ1v) is 7.64. The van der Waals surface area contributed by atoms with Gasteiger partial charge in [0.2, 0.25) is 0 Å². The fourth-order valence-electron chi connectivity index (χ4n) is 2.54. The highest BCUT2D eigenvalue weighted by Gasteiger charge is 2.25. The van der Waals surface area contributed by atoms with Crippen molar-refractivity contribution in [3.63, 3.8) is 0 Å². The van der Waals surface area contributed by atoms with Crippen LogP contribution in [0.1, 0.15) is 51.8 Å². The maximum Gasteiger partial charge on any atom is 0.126 e. The lowest BCUT2D eigenvalue weighted by Gasteiger charge is -2.39. The fraction of sp³-hybridized carbons (Fsp3) is 0.556. The minimum absolute atomic E-state index is 0.0564. The predicted molar refractivity (Wildman–Crippen MR) is 90.5 cm³/mol. The lowest BCUT2D eigenvalue weighted by molar-refractivity contribution is 0.512. The summed E-state index contributed by atoms with van der Waals surface area (Å²) in [7, 11) is 0. The second kappa shape index (κ2) is 7.08. The van der Waals surface area contributed by atoms with Gasteiger partial charge in [0.1, 0.15) is 5.82 Å². The lowest BCUT2D eigenvalue weighted by Crippen LogP contribution is -2.42. The summed E-state index contributed by atoms with van der Waals surface area (Å²) < 4.78 is 14.0. The number of hydrogen-bond donors (Lipinski definition) is 1. The minimum atomic E-state index is -0.147. The van der Waals surface area contributed by atoms with Crippen LogP contribution < -0.4 is 10.2 Å². The zero-order valence-corrected chi connectivity index (χ0v) is 14.3. The molecule has 0 aliphatic carbocycles. The van der Waals surface area contributed by atoms with Gasteiger partial charge in [-0.1, -0.05) is 13.0 Å². The van der Waals surface area contributed by atoms with Gasteiger partial charge in [-0.2, -0.15) is 0 Å². The molecule has 1 N–H and O–H groups in total. The number of nitrogens with one attached hydrogen (secondary N) is 1. The highest BCUT2D eigenvalue weighted by atomic mass is 19.1. The first-order valence-electron chi connectivity index (χ1n) is 7.64. The normalized spacial score (nSPS) is 13.1. The molecule has 1 atom stereocenters. The first kappa shape index (κ1) is 17.7. The summed E-state index contributed by atoms with van der Waals surface area (Å²) in [5.41, 5.74) is 2.70. The van der Waals surface area contributed by atoms with Crippen molar-refractivity contribution in [2.75, 3.05) is 18.0 Å². The monoisotopic (exact) mass is 292 g/mol. The Morgan fingerprint density at radius 3 is 2.48 bits per heavy atom. The Bertz CT molecular complexity index is 489. The van der Waals surface area contributed by atoms with E-state index in [-0.39, 0.29) is 17.4 Å². The van der Waals surface area contributed by atoms with Crippen LogP contribution in [0, 0.1) is 12.7 Å². The number of hydrogen-bond acceptors (Lipinski definition) is 2. The molecule has 0 spiro atoms. The number of rotatable bonds is 6. The summed E-state index contributed by atoms with van der Waals surface area (Å²) in [6, 6.07) is 3.72. The molecule has 0 aliphatic heterocycles. The van der Waals surface area contributed by atoms with E-state index >= 15 is 0 Å². The maximum atomic E-state index is 14.0. The Balaban J connectivity index is 3.42. The zero-order chi connectivity index (χ0) is 16.2. The molecule has 1 unspecified atom stereocenters. The van der Waals surface area contributed by atoms with Gasteiger partial charge >= 0.3 is 0 Å². The van der Waals surface area contributed by atoms with Crippen LogP contribution in [0.2, 0.25) is 0 Å². The molecular weight excluding hydrogens is 263 g/mol. The molecule has 0 heterocycles. The largest absolute Gasteiger partial charge is 0.363 e. The van der Waals surface area contributed by atoms with Gasteiger partial charge in [-0.15, -0.1) is 6.58 Å². The molecule has 3 heteroatoms. The molecule has 0 aliphatic rings. The van der Waals surface area contributed by atoms with Crippen LogP contribution in [0.15, 0.2) is 24.8 Å². The van der Waals surface area contributed by atoms with Crippen LogP contribution in [0.3, 0.4) is 0 Å². The second-order valence-corrected chi connectivity index (χ2v) is 6.51. The molecule has 21 heavy (non-hydrogen) atoms. The summed E-state index contributed by atoms with van der Waals surface area (Å²) in [5.74, 6) is -0.147. The van der Waals surface area contributed by atoms with E-state index < -0.39 is 0 Å². The molecular formula is C18H29FN2. The maximum absolute atomic E-state index is 14.0. The summed E-state index contributed by atoms with van der Waals surface area (Å²) in [5, 5.41) is 3.38. The molecule has 0 bridgehead atoms. The van der Waals surface area contributed by atoms with E-state index in [0.29, 0.717) is 5.56 Å². The van der Waals surface area contributed by atoms with Gasteiger partial charge in [0, 0.05) is 23.8 Å². The Labute approximate surface area is 129 Å². The van der Waals surface area contributed by atoms with E-state index in [1.54, 1.807) is 6.07 Å². The van der Waals surface area contributed by atoms with E-state index in [2.05, 4.69) is 51.4 Å². The van der Waals surface area contributed by atoms with Crippen molar-refractivity contribution in [2.24, 2.45) is 0 Å². The van der Waals surface area contributed by atoms with Gasteiger partial charge in [0.25, 0.3) is 0 Å². The van der Waals surface area contributed by atoms with Gasteiger partial charge in [-0.25, -0.2) is 4.39 Å². The number of benzene rings is 1. The molecule has 0 fully saturated rings. The highest BCUT2D eigenvalue weighted by Crippen LogP contribution is 2.33. The summed E-state index contributed by atoms with van der Waals surface area (Å²) in [6.07, 6.45) is 1.89. The molecule has 0 saturated carbocycles. The lowest BCUT2D eigenvalue weighted by atomic mass is 9.97. The van der Waals surface area contributed by atoms with Crippen molar-refractivity contribution in [1.29, 1.82) is 0 Å². The Kier molecular flexibility index (Phi) is 5.97. The highest BCUT2D eigenvalue weighted by molar-refractivity contribution is 5.59. The van der Waals surface area contributed by atoms with E-state index in [1.165, 1.54) is 0 Å². The van der Waals surface area contributed by atoms with Crippen LogP contribution in [-0.4, -0.2) is 18.6 Å². The van der Waals surface area contributed by atoms with Crippen molar-refractivity contribution in [2.45, 2.75) is 53.1 Å². The Morgan fingerprint density at radius 1 is 1.38 bits per heavy atom. The van der Waals surface area contributed by atoms with Crippen LogP contribution in [0.4, 0.5) is 10.1 Å². The Hall–Kier alpha value is -1.35. The summed E-state index contributed by atoms with van der Waals surface area (Å²) in [4.78, 5) is 2.27. The second-order valence-electron chi connectivity index (χ2n) is 6.51. The molecule has 1 rings (SSSR count). The summed E-state index contributed by atoms with van der Waals surface area (Å²) >= 11 is 0. The topological polar surface area (TPSA) is 15.3 Å². The van der Waals surface area contributed by atoms with Gasteiger partial charge in [-0.3, -0.25) is 0 Å². The van der Waals surface area contributed by atoms with Crippen LogP contribution >= 0.6 is 0 Å². The third kappa shape index (κ3) is 4.31. The van der Waals surface area contributed by atoms with Crippen molar-refractivity contribution < 1.29 is 4.39 Å². The third-order valence-corrected chi connectivity index (χ3v) is 3.70. The minimum Gasteiger partial charge on any atom is -0.363 e. The predicted octanol–water partition coefficient (Wildman–Crippen LogP) is 4.60. The van der Waals surface area contributed by atoms with Crippen molar-refractivity contribution in [1.82, 2.24) is 5.32 Å². The molecule has 2 nitrogen and oxygen atoms in total. The number of nitrogens with zero attached hydrogens (tertiary/aromatic N) is 1. The molecule has 1 aromatic carbocycles. The molecule has 0 amide bonds. The average molecular weight is 292 g/mol. The fourth-order valence-corrected chi connectivity index (χ4v) is 2.54. The SMILES string of the molecule is C=CCN(c1cc(C)c(F)cc1C(C)NCC)C(C)(C)C. The molecule has 118 valence electrons. The van der Waals surface area contributed by atoms with Crippen molar-refractivity contribution >= 4 is 5.69 Å². The van der Waals surface area contributed by atoms with Gasteiger partial charge in [0.05, 0.1) is 0 Å². The van der Waals surface area contributed by atoms with Gasteiger partial charge in [-0.05, 0) is 64.4 Å². The zero-order valence-electron chi connectivity index (χ0n) is 14.3. The number of anilines is 1. The molecule has 0 aromatic heterocycles. The number of halogens is 1. The molecule has 1 aromatic rings. The van der Waals surface area contributed by atoms with E-state index in [4.69, 9.17) is 0 Å². The van der Waals surface area contributed by atoms with Gasteiger partial charge in [0.15, 0.2) is 0 Å². The standard InChI is InChI=1S/C18H29FN2/c1-8-10-21(18(5,6)7)17-11-13(3)16(19)12-15(17)14(4)20-9-2/h8,11-12,14,20H,1,9-10H2,2-7H3. The quantitative estimate of drug-likeness (QED) is 0.771. The summed E-state index contributed by atoms with van der Waals surface area (Å²) in [6.45, 7) is 17.9. The van der Waals surface area contributed by atoms with Gasteiger partial charge < -0.3 is 10.2 Å².